The van der Waals surface area contributed by atoms with Gasteiger partial charge in [-0.2, -0.15) is 0 Å². The van der Waals surface area contributed by atoms with E-state index in [0.717, 1.165) is 54.4 Å². The molecule has 5 nitrogen and oxygen atoms in total. The Kier molecular flexibility index (Phi) is 10.6. The zero-order chi connectivity index (χ0) is 23.9. The second kappa shape index (κ2) is 11.8. The molecule has 1 unspecified atom stereocenters. The average Bonchev–Trinajstić information content (AvgIpc) is 2.68. The normalized spacial score (nSPS) is 16.9. The van der Waals surface area contributed by atoms with Crippen molar-refractivity contribution >= 4 is 77.2 Å². The van der Waals surface area contributed by atoms with Crippen LogP contribution in [0.25, 0.3) is 0 Å². The minimum absolute atomic E-state index is 0.0577. The number of aliphatic hydroxyl groups is 1. The fourth-order valence-corrected chi connectivity index (χ4v) is 274. The summed E-state index contributed by atoms with van der Waals surface area (Å²) in [6.45, 7) is -2.24. The van der Waals surface area contributed by atoms with Crippen LogP contribution in [0, 0.1) is 44.5 Å². The van der Waals surface area contributed by atoms with Gasteiger partial charge in [0.15, 0.2) is 6.63 Å². The van der Waals surface area contributed by atoms with Crippen LogP contribution < -0.4 is 4.74 Å². The van der Waals surface area contributed by atoms with E-state index in [4.69, 9.17) is 37.3 Å². The Bertz CT molecular complexity index is 881. The topological polar surface area (TPSA) is 57.2 Å². The molecule has 0 aliphatic heterocycles. The summed E-state index contributed by atoms with van der Waals surface area (Å²) in [6, 6.07) is 4.96. The van der Waals surface area contributed by atoms with Gasteiger partial charge >= 0.3 is 8.80 Å². The molecule has 1 aromatic rings. The van der Waals surface area contributed by atoms with E-state index in [1.807, 2.05) is 12.1 Å². The molecule has 14 heteroatoms. The highest BCUT2D eigenvalue weighted by Crippen LogP contribution is 2.34. The first-order valence-corrected chi connectivity index (χ1v) is 38.5. The Morgan fingerprint density at radius 3 is 2.03 bits per heavy atom. The second-order valence-corrected chi connectivity index (χ2v) is 116. The summed E-state index contributed by atoms with van der Waals surface area (Å²) in [5, 5.41) is 9.80. The van der Waals surface area contributed by atoms with Crippen LogP contribution in [0.5, 0.6) is 5.75 Å². The molecule has 1 N–H and O–H groups in total. The molecular weight excluding hydrogens is 537 g/mol. The molecule has 0 amide bonds. The van der Waals surface area contributed by atoms with Gasteiger partial charge in [0.25, 0.3) is 0 Å². The summed E-state index contributed by atoms with van der Waals surface area (Å²) in [4.78, 5) is 0. The molecule has 0 fully saturated rings. The summed E-state index contributed by atoms with van der Waals surface area (Å²) in [5.74, 6) is 0.772. The third kappa shape index (κ3) is 5.88. The lowest BCUT2D eigenvalue weighted by Crippen LogP contribution is -2.88. The van der Waals surface area contributed by atoms with Crippen LogP contribution >= 0.6 is 0 Å². The Morgan fingerprint density at radius 1 is 1.03 bits per heavy atom. The van der Waals surface area contributed by atoms with Crippen LogP contribution in [0.4, 0.5) is 0 Å². The van der Waals surface area contributed by atoms with Crippen molar-refractivity contribution in [2.75, 3.05) is 7.11 Å². The average molecular weight is 571 g/mol. The number of terminal acetylenes is 3. The Balaban J connectivity index is 3.73. The van der Waals surface area contributed by atoms with Gasteiger partial charge in [-0.25, -0.2) is 0 Å². The highest BCUT2D eigenvalue weighted by Gasteiger charge is 2.68. The first kappa shape index (κ1) is 28.0. The minimum Gasteiger partial charge on any atom is -0.514 e. The van der Waals surface area contributed by atoms with Crippen molar-refractivity contribution in [1.82, 2.24) is 0 Å². The Hall–Kier alpha value is -0.988. The Labute approximate surface area is 204 Å². The lowest BCUT2D eigenvalue weighted by atomic mass is 10.0. The van der Waals surface area contributed by atoms with Crippen molar-refractivity contribution in [3.05, 3.63) is 28.8 Å². The van der Waals surface area contributed by atoms with Crippen molar-refractivity contribution in [3.8, 4) is 43.3 Å². The van der Waals surface area contributed by atoms with Crippen molar-refractivity contribution in [2.24, 2.45) is 0 Å². The molecule has 1 rings (SSSR count). The quantitative estimate of drug-likeness (QED) is 0.213. The maximum atomic E-state index is 9.80. The fourth-order valence-electron chi connectivity index (χ4n) is 4.71. The molecule has 0 saturated heterocycles. The number of methoxy groups -OCH3 is 1. The largest absolute Gasteiger partial charge is 0.514 e. The zero-order valence-electron chi connectivity index (χ0n) is 19.7. The summed E-state index contributed by atoms with van der Waals surface area (Å²) in [7, 11) is 4.77. The minimum atomic E-state index is -2.31. The van der Waals surface area contributed by atoms with Gasteiger partial charge in [0, 0.05) is 31.2 Å². The predicted octanol–water partition coefficient (Wildman–Crippen LogP) is -5.53. The molecule has 0 spiro atoms. The van der Waals surface area contributed by atoms with Crippen molar-refractivity contribution in [3.63, 3.8) is 0 Å². The monoisotopic (exact) mass is 570 g/mol. The number of ether oxygens (including phenoxy) is 1. The number of rotatable bonds is 11. The summed E-state index contributed by atoms with van der Waals surface area (Å²) < 4.78 is 23.9. The number of benzene rings is 1. The molecule has 31 heavy (non-hydrogen) atoms. The molecule has 1 aromatic carbocycles. The van der Waals surface area contributed by atoms with Gasteiger partial charge in [0.2, 0.25) is 6.87 Å². The van der Waals surface area contributed by atoms with Gasteiger partial charge in [0.1, 0.15) is 5.75 Å². The highest BCUT2D eigenvalue weighted by atomic mass is 30.4. The lowest BCUT2D eigenvalue weighted by Gasteiger charge is -2.50. The molecule has 0 aromatic heterocycles. The summed E-state index contributed by atoms with van der Waals surface area (Å²) in [6.07, 6.45) is 23.7. The van der Waals surface area contributed by atoms with Crippen LogP contribution in [0.1, 0.15) is 16.7 Å². The molecule has 0 bridgehead atoms. The van der Waals surface area contributed by atoms with Gasteiger partial charge in [-0.3, -0.25) is 0 Å². The first-order chi connectivity index (χ1) is 14.5. The molecule has 168 valence electrons. The van der Waals surface area contributed by atoms with E-state index in [0.29, 0.717) is 0 Å². The molecule has 1 atom stereocenters. The van der Waals surface area contributed by atoms with Crippen molar-refractivity contribution < 1.29 is 23.1 Å². The molecule has 0 aliphatic rings. The molecule has 0 aliphatic carbocycles. The molecule has 0 heterocycles. The lowest BCUT2D eigenvalue weighted by molar-refractivity contribution is 0.273. The van der Waals surface area contributed by atoms with Crippen LogP contribution in [0.15, 0.2) is 12.1 Å². The van der Waals surface area contributed by atoms with Crippen LogP contribution in [0.2, 0.25) is 6.04 Å². The maximum Gasteiger partial charge on any atom is 0.432 e. The number of aryl methyl sites for hydroxylation is 1. The van der Waals surface area contributed by atoms with Gasteiger partial charge in [-0.15, -0.1) is 0 Å². The first-order valence-electron chi connectivity index (χ1n) is 10.1. The standard InChI is InChI=1S/C17H34O5Si9/c1-6-20-28(21-7-2)29(31(25,26)27,30(23,24)22-8-3)12-11-16-14(4)9-10-15(13-18)17(16)19-5/h1-3,9-10,18,28H,11-13H2,4-5,23-27H3. The van der Waals surface area contributed by atoms with E-state index < -0.39 is 28.4 Å². The fraction of sp³-hybridized carbons (Fsp3) is 0.294. The van der Waals surface area contributed by atoms with Crippen LogP contribution in [0.3, 0.4) is 0 Å². The smallest absolute Gasteiger partial charge is 0.432 e. The maximum absolute atomic E-state index is 9.80. The van der Waals surface area contributed by atoms with Crippen molar-refractivity contribution in [2.45, 2.75) is 26.0 Å². The number of hydrogen-bond donors (Lipinski definition) is 1. The number of aliphatic hydroxyl groups excluding tert-OH is 1. The van der Waals surface area contributed by atoms with E-state index in [-0.39, 0.29) is 6.61 Å². The Morgan fingerprint density at radius 2 is 1.61 bits per heavy atom. The third-order valence-electron chi connectivity index (χ3n) is 6.20. The van der Waals surface area contributed by atoms with E-state index >= 15 is 0 Å². The van der Waals surface area contributed by atoms with E-state index in [2.05, 4.69) is 25.2 Å². The van der Waals surface area contributed by atoms with Gasteiger partial charge in [-0.05, 0) is 53.8 Å². The van der Waals surface area contributed by atoms with Gasteiger partial charge < -0.3 is 23.1 Å². The summed E-state index contributed by atoms with van der Waals surface area (Å²) in [5.41, 5.74) is 3.09. The highest BCUT2D eigenvalue weighted by molar-refractivity contribution is 8.11. The van der Waals surface area contributed by atoms with Gasteiger partial charge in [-0.1, -0.05) is 37.4 Å². The summed E-state index contributed by atoms with van der Waals surface area (Å²) >= 11 is 0. The molecular formula is C17H34O5Si9. The van der Waals surface area contributed by atoms with E-state index in [9.17, 15) is 5.11 Å². The van der Waals surface area contributed by atoms with E-state index in [1.54, 1.807) is 7.11 Å². The third-order valence-corrected chi connectivity index (χ3v) is 155. The SMILES string of the molecule is C#CO[SiH](OC#C)[Si](CCc1c(C)ccc(CO)c1OC)([Si]([SiH3])([SiH3])[SiH3])[Si]([SiH3])([SiH3])OC#C. The predicted molar refractivity (Wildman–Crippen MR) is 156 cm³/mol. The van der Waals surface area contributed by atoms with Gasteiger partial charge in [0.05, 0.1) is 32.0 Å². The van der Waals surface area contributed by atoms with Crippen molar-refractivity contribution in [1.29, 1.82) is 0 Å². The van der Waals surface area contributed by atoms with Crippen LogP contribution in [-0.4, -0.2) is 89.5 Å². The van der Waals surface area contributed by atoms with Crippen LogP contribution in [-0.2, 0) is 26.3 Å². The van der Waals surface area contributed by atoms with E-state index in [1.165, 1.54) is 29.3 Å². The zero-order valence-corrected chi connectivity index (χ0v) is 33.8. The molecule has 0 radical (unpaired) electrons. The second-order valence-electron chi connectivity index (χ2n) is 8.97. The molecule has 0 saturated carbocycles. The number of hydrogen-bond acceptors (Lipinski definition) is 5.